The number of nitrogen functional groups attached to an aromatic ring is 1. The van der Waals surface area contributed by atoms with Crippen LogP contribution in [0.1, 0.15) is 34.8 Å². The average Bonchev–Trinajstić information content (AvgIpc) is 3.10. The van der Waals surface area contributed by atoms with Crippen LogP contribution in [-0.4, -0.2) is 30.4 Å². The van der Waals surface area contributed by atoms with Crippen molar-refractivity contribution in [2.75, 3.05) is 25.4 Å². The SMILES string of the molecule is Cl.Cl.Nc1ccccc1C(=O)NCC(c1cccc(Cl)c1)N1CCCC1. The highest BCUT2D eigenvalue weighted by atomic mass is 35.5. The molecule has 2 aromatic rings. The largest absolute Gasteiger partial charge is 0.398 e. The molecule has 1 aliphatic rings. The Kier molecular flexibility index (Phi) is 9.23. The monoisotopic (exact) mass is 415 g/mol. The second-order valence-electron chi connectivity index (χ2n) is 6.11. The van der Waals surface area contributed by atoms with Crippen molar-refractivity contribution in [3.05, 3.63) is 64.7 Å². The fourth-order valence-corrected chi connectivity index (χ4v) is 3.41. The van der Waals surface area contributed by atoms with Crippen molar-refractivity contribution in [3.63, 3.8) is 0 Å². The highest BCUT2D eigenvalue weighted by Gasteiger charge is 2.24. The molecule has 0 saturated carbocycles. The molecular formula is C19H24Cl3N3O. The van der Waals surface area contributed by atoms with Crippen LogP contribution in [0, 0.1) is 0 Å². The van der Waals surface area contributed by atoms with Gasteiger partial charge in [0, 0.05) is 17.3 Å². The van der Waals surface area contributed by atoms with E-state index in [0.717, 1.165) is 23.7 Å². The molecule has 0 radical (unpaired) electrons. The number of nitrogens with zero attached hydrogens (tertiary/aromatic N) is 1. The molecule has 0 spiro atoms. The molecule has 1 amide bonds. The third-order valence-corrected chi connectivity index (χ3v) is 4.71. The fourth-order valence-electron chi connectivity index (χ4n) is 3.21. The van der Waals surface area contributed by atoms with Gasteiger partial charge in [0.2, 0.25) is 0 Å². The minimum Gasteiger partial charge on any atom is -0.398 e. The van der Waals surface area contributed by atoms with Gasteiger partial charge >= 0.3 is 0 Å². The topological polar surface area (TPSA) is 58.4 Å². The van der Waals surface area contributed by atoms with E-state index in [1.54, 1.807) is 12.1 Å². The van der Waals surface area contributed by atoms with Gasteiger partial charge in [-0.2, -0.15) is 0 Å². The Labute approximate surface area is 171 Å². The molecule has 1 heterocycles. The smallest absolute Gasteiger partial charge is 0.253 e. The Bertz CT molecular complexity index is 721. The highest BCUT2D eigenvalue weighted by molar-refractivity contribution is 6.30. The summed E-state index contributed by atoms with van der Waals surface area (Å²) in [4.78, 5) is 14.9. The molecule has 1 atom stereocenters. The Morgan fingerprint density at radius 1 is 1.12 bits per heavy atom. The van der Waals surface area contributed by atoms with Gasteiger partial charge in [0.15, 0.2) is 0 Å². The van der Waals surface area contributed by atoms with Crippen LogP contribution in [0.15, 0.2) is 48.5 Å². The summed E-state index contributed by atoms with van der Waals surface area (Å²) in [5.41, 5.74) is 8.04. The summed E-state index contributed by atoms with van der Waals surface area (Å²) in [5, 5.41) is 3.75. The number of halogens is 3. The third kappa shape index (κ3) is 5.52. The summed E-state index contributed by atoms with van der Waals surface area (Å²) < 4.78 is 0. The third-order valence-electron chi connectivity index (χ3n) is 4.48. The number of para-hydroxylation sites is 1. The van der Waals surface area contributed by atoms with Gasteiger partial charge in [-0.15, -0.1) is 24.8 Å². The van der Waals surface area contributed by atoms with Crippen molar-refractivity contribution in [1.82, 2.24) is 10.2 Å². The molecule has 4 nitrogen and oxygen atoms in total. The van der Waals surface area contributed by atoms with E-state index in [1.807, 2.05) is 30.3 Å². The number of carbonyl (C=O) groups excluding carboxylic acids is 1. The predicted molar refractivity (Wildman–Crippen MR) is 113 cm³/mol. The molecule has 7 heteroatoms. The summed E-state index contributed by atoms with van der Waals surface area (Å²) in [7, 11) is 0. The maximum Gasteiger partial charge on any atom is 0.253 e. The number of anilines is 1. The lowest BCUT2D eigenvalue weighted by atomic mass is 10.1. The van der Waals surface area contributed by atoms with Crippen LogP contribution < -0.4 is 11.1 Å². The molecule has 0 aliphatic carbocycles. The zero-order valence-corrected chi connectivity index (χ0v) is 16.7. The molecule has 0 bridgehead atoms. The van der Waals surface area contributed by atoms with E-state index < -0.39 is 0 Å². The van der Waals surface area contributed by atoms with Gasteiger partial charge in [-0.05, 0) is 55.8 Å². The average molecular weight is 417 g/mol. The van der Waals surface area contributed by atoms with E-state index in [1.165, 1.54) is 12.8 Å². The first-order valence-electron chi connectivity index (χ1n) is 8.27. The molecule has 26 heavy (non-hydrogen) atoms. The van der Waals surface area contributed by atoms with Crippen molar-refractivity contribution in [2.24, 2.45) is 0 Å². The molecular weight excluding hydrogens is 393 g/mol. The first-order valence-corrected chi connectivity index (χ1v) is 8.65. The van der Waals surface area contributed by atoms with Crippen molar-refractivity contribution >= 4 is 48.0 Å². The van der Waals surface area contributed by atoms with Gasteiger partial charge in [-0.25, -0.2) is 0 Å². The lowest BCUT2D eigenvalue weighted by Crippen LogP contribution is -2.37. The number of amides is 1. The number of hydrogen-bond acceptors (Lipinski definition) is 3. The molecule has 1 fully saturated rings. The molecule has 0 aromatic heterocycles. The van der Waals surface area contributed by atoms with E-state index in [0.29, 0.717) is 17.8 Å². The summed E-state index contributed by atoms with van der Waals surface area (Å²) in [6.45, 7) is 2.62. The highest BCUT2D eigenvalue weighted by Crippen LogP contribution is 2.26. The zero-order chi connectivity index (χ0) is 16.9. The lowest BCUT2D eigenvalue weighted by molar-refractivity contribution is 0.0939. The predicted octanol–water partition coefficient (Wildman–Crippen LogP) is 4.33. The molecule has 3 N–H and O–H groups in total. The number of rotatable bonds is 5. The Morgan fingerprint density at radius 3 is 2.46 bits per heavy atom. The van der Waals surface area contributed by atoms with Crippen LogP contribution in [0.3, 0.4) is 0 Å². The van der Waals surface area contributed by atoms with Crippen LogP contribution in [0.2, 0.25) is 5.02 Å². The number of benzene rings is 2. The van der Waals surface area contributed by atoms with E-state index in [2.05, 4.69) is 16.3 Å². The molecule has 2 aromatic carbocycles. The molecule has 1 unspecified atom stereocenters. The first-order chi connectivity index (χ1) is 11.6. The van der Waals surface area contributed by atoms with Crippen molar-refractivity contribution < 1.29 is 4.79 Å². The standard InChI is InChI=1S/C19H22ClN3O.2ClH/c20-15-7-5-6-14(12-15)18(23-10-3-4-11-23)13-22-19(24)16-8-1-2-9-17(16)21;;/h1-2,5-9,12,18H,3-4,10-11,13,21H2,(H,22,24);2*1H. The van der Waals surface area contributed by atoms with Gasteiger partial charge in [0.1, 0.15) is 0 Å². The lowest BCUT2D eigenvalue weighted by Gasteiger charge is -2.28. The van der Waals surface area contributed by atoms with E-state index in [9.17, 15) is 4.79 Å². The number of carbonyl (C=O) groups is 1. The van der Waals surface area contributed by atoms with Crippen LogP contribution in [0.5, 0.6) is 0 Å². The summed E-state index contributed by atoms with van der Waals surface area (Å²) >= 11 is 6.15. The maximum absolute atomic E-state index is 12.4. The summed E-state index contributed by atoms with van der Waals surface area (Å²) in [5.74, 6) is -0.140. The maximum atomic E-state index is 12.4. The molecule has 142 valence electrons. The second-order valence-corrected chi connectivity index (χ2v) is 6.55. The Hall–Kier alpha value is -1.46. The summed E-state index contributed by atoms with van der Waals surface area (Å²) in [6.07, 6.45) is 2.38. The Morgan fingerprint density at radius 2 is 1.81 bits per heavy atom. The number of nitrogens with two attached hydrogens (primary N) is 1. The number of nitrogens with one attached hydrogen (secondary N) is 1. The molecule has 1 saturated heterocycles. The normalized spacial score (nSPS) is 14.8. The van der Waals surface area contributed by atoms with Crippen LogP contribution in [0.25, 0.3) is 0 Å². The minimum absolute atomic E-state index is 0. The van der Waals surface area contributed by atoms with Gasteiger partial charge < -0.3 is 11.1 Å². The summed E-state index contributed by atoms with van der Waals surface area (Å²) in [6, 6.07) is 15.1. The second kappa shape index (κ2) is 10.6. The zero-order valence-electron chi connectivity index (χ0n) is 14.4. The van der Waals surface area contributed by atoms with Gasteiger partial charge in [0.05, 0.1) is 11.6 Å². The number of hydrogen-bond donors (Lipinski definition) is 2. The quantitative estimate of drug-likeness (QED) is 0.713. The molecule has 3 rings (SSSR count). The van der Waals surface area contributed by atoms with Crippen molar-refractivity contribution in [2.45, 2.75) is 18.9 Å². The first kappa shape index (κ1) is 22.6. The van der Waals surface area contributed by atoms with Gasteiger partial charge in [-0.1, -0.05) is 35.9 Å². The Balaban J connectivity index is 0.00000169. The van der Waals surface area contributed by atoms with Crippen LogP contribution >= 0.6 is 36.4 Å². The van der Waals surface area contributed by atoms with Crippen LogP contribution in [0.4, 0.5) is 5.69 Å². The van der Waals surface area contributed by atoms with E-state index >= 15 is 0 Å². The van der Waals surface area contributed by atoms with Crippen molar-refractivity contribution in [3.8, 4) is 0 Å². The number of likely N-dealkylation sites (tertiary alicyclic amines) is 1. The van der Waals surface area contributed by atoms with E-state index in [4.69, 9.17) is 17.3 Å². The van der Waals surface area contributed by atoms with E-state index in [-0.39, 0.29) is 36.8 Å². The fraction of sp³-hybridized carbons (Fsp3) is 0.316. The van der Waals surface area contributed by atoms with Crippen molar-refractivity contribution in [1.29, 1.82) is 0 Å². The minimum atomic E-state index is -0.140. The molecule has 1 aliphatic heterocycles. The van der Waals surface area contributed by atoms with Crippen LogP contribution in [-0.2, 0) is 0 Å². The van der Waals surface area contributed by atoms with Gasteiger partial charge in [0.25, 0.3) is 5.91 Å². The van der Waals surface area contributed by atoms with Gasteiger partial charge in [-0.3, -0.25) is 9.69 Å².